The average molecular weight is 381 g/mol. The molecule has 1 N–H and O–H groups in total. The number of urea groups is 1. The van der Waals surface area contributed by atoms with Crippen LogP contribution in [0, 0.1) is 6.92 Å². The minimum Gasteiger partial charge on any atom is -0.497 e. The van der Waals surface area contributed by atoms with Crippen LogP contribution in [0.2, 0.25) is 0 Å². The van der Waals surface area contributed by atoms with Gasteiger partial charge in [-0.05, 0) is 37.1 Å². The monoisotopic (exact) mass is 381 g/mol. The van der Waals surface area contributed by atoms with Crippen LogP contribution in [-0.4, -0.2) is 48.5 Å². The molecule has 1 aliphatic rings. The fourth-order valence-corrected chi connectivity index (χ4v) is 3.23. The van der Waals surface area contributed by atoms with E-state index in [2.05, 4.69) is 5.32 Å². The van der Waals surface area contributed by atoms with Crippen molar-refractivity contribution in [3.63, 3.8) is 0 Å². The van der Waals surface area contributed by atoms with Gasteiger partial charge in [0.2, 0.25) is 5.91 Å². The lowest BCUT2D eigenvalue weighted by Gasteiger charge is -2.35. The van der Waals surface area contributed by atoms with Gasteiger partial charge in [-0.15, -0.1) is 0 Å². The molecule has 6 heteroatoms. The first-order valence-electron chi connectivity index (χ1n) is 9.49. The van der Waals surface area contributed by atoms with E-state index in [-0.39, 0.29) is 24.5 Å². The summed E-state index contributed by atoms with van der Waals surface area (Å²) >= 11 is 0. The van der Waals surface area contributed by atoms with Gasteiger partial charge < -0.3 is 19.9 Å². The maximum atomic E-state index is 12.6. The van der Waals surface area contributed by atoms with Crippen molar-refractivity contribution in [1.82, 2.24) is 15.1 Å². The maximum absolute atomic E-state index is 12.6. The van der Waals surface area contributed by atoms with E-state index in [4.69, 9.17) is 4.74 Å². The van der Waals surface area contributed by atoms with Crippen LogP contribution in [0.15, 0.2) is 48.5 Å². The molecule has 2 aromatic carbocycles. The average Bonchev–Trinajstić information content (AvgIpc) is 2.71. The van der Waals surface area contributed by atoms with E-state index in [0.717, 1.165) is 16.9 Å². The lowest BCUT2D eigenvalue weighted by molar-refractivity contribution is -0.135. The quantitative estimate of drug-likeness (QED) is 0.866. The van der Waals surface area contributed by atoms with E-state index < -0.39 is 0 Å². The normalized spacial score (nSPS) is 15.3. The van der Waals surface area contributed by atoms with Crippen molar-refractivity contribution >= 4 is 11.9 Å². The number of aryl methyl sites for hydroxylation is 1. The lowest BCUT2D eigenvalue weighted by atomic mass is 10.1. The molecule has 0 aliphatic carbocycles. The molecule has 0 spiro atoms. The van der Waals surface area contributed by atoms with Crippen LogP contribution in [0.25, 0.3) is 0 Å². The van der Waals surface area contributed by atoms with Crippen LogP contribution in [0.4, 0.5) is 4.79 Å². The maximum Gasteiger partial charge on any atom is 0.318 e. The fraction of sp³-hybridized carbons (Fsp3) is 0.364. The van der Waals surface area contributed by atoms with Crippen molar-refractivity contribution in [3.05, 3.63) is 65.2 Å². The summed E-state index contributed by atoms with van der Waals surface area (Å²) in [5.74, 6) is 0.717. The van der Waals surface area contributed by atoms with E-state index in [9.17, 15) is 9.59 Å². The number of benzene rings is 2. The minimum absolute atomic E-state index is 0.0315. The summed E-state index contributed by atoms with van der Waals surface area (Å²) in [6.45, 7) is 5.69. The molecule has 1 aliphatic heterocycles. The summed E-state index contributed by atoms with van der Waals surface area (Å²) < 4.78 is 5.23. The molecule has 148 valence electrons. The molecule has 0 saturated carbocycles. The van der Waals surface area contributed by atoms with E-state index in [1.807, 2.05) is 62.4 Å². The molecule has 6 nitrogen and oxygen atoms in total. The van der Waals surface area contributed by atoms with Crippen LogP contribution in [0.5, 0.6) is 5.75 Å². The molecule has 3 rings (SSSR count). The summed E-state index contributed by atoms with van der Waals surface area (Å²) in [6.07, 6.45) is 0. The van der Waals surface area contributed by atoms with E-state index in [1.54, 1.807) is 16.9 Å². The number of carbonyl (C=O) groups excluding carboxylic acids is 2. The molecule has 1 unspecified atom stereocenters. The number of ether oxygens (including phenoxy) is 1. The third-order valence-corrected chi connectivity index (χ3v) is 5.03. The number of methoxy groups -OCH3 is 1. The van der Waals surface area contributed by atoms with Gasteiger partial charge in [0.05, 0.1) is 13.2 Å². The largest absolute Gasteiger partial charge is 0.497 e. The Kier molecular flexibility index (Phi) is 6.19. The van der Waals surface area contributed by atoms with Crippen molar-refractivity contribution < 1.29 is 14.3 Å². The number of carbonyl (C=O) groups is 2. The highest BCUT2D eigenvalue weighted by Gasteiger charge is 2.27. The van der Waals surface area contributed by atoms with E-state index in [1.165, 1.54) is 5.56 Å². The smallest absolute Gasteiger partial charge is 0.318 e. The van der Waals surface area contributed by atoms with Crippen molar-refractivity contribution in [2.24, 2.45) is 0 Å². The van der Waals surface area contributed by atoms with Gasteiger partial charge in [0.15, 0.2) is 0 Å². The zero-order valence-electron chi connectivity index (χ0n) is 16.6. The molecular formula is C22H27N3O3. The molecule has 1 fully saturated rings. The molecule has 2 aromatic rings. The molecular weight excluding hydrogens is 354 g/mol. The van der Waals surface area contributed by atoms with Crippen molar-refractivity contribution in [1.29, 1.82) is 0 Å². The Labute approximate surface area is 166 Å². The van der Waals surface area contributed by atoms with Crippen molar-refractivity contribution in [2.75, 3.05) is 26.7 Å². The van der Waals surface area contributed by atoms with Gasteiger partial charge in [0, 0.05) is 19.6 Å². The van der Waals surface area contributed by atoms with Gasteiger partial charge >= 0.3 is 6.03 Å². The summed E-state index contributed by atoms with van der Waals surface area (Å²) in [5, 5.41) is 2.97. The first-order valence-corrected chi connectivity index (χ1v) is 9.49. The summed E-state index contributed by atoms with van der Waals surface area (Å²) in [6, 6.07) is 15.4. The van der Waals surface area contributed by atoms with Crippen molar-refractivity contribution in [2.45, 2.75) is 26.4 Å². The Morgan fingerprint density at radius 2 is 1.93 bits per heavy atom. The molecule has 1 saturated heterocycles. The highest BCUT2D eigenvalue weighted by atomic mass is 16.5. The van der Waals surface area contributed by atoms with Crippen LogP contribution >= 0.6 is 0 Å². The third kappa shape index (κ3) is 4.82. The Balaban J connectivity index is 1.54. The second-order valence-electron chi connectivity index (χ2n) is 7.17. The van der Waals surface area contributed by atoms with Gasteiger partial charge in [-0.3, -0.25) is 4.79 Å². The van der Waals surface area contributed by atoms with Gasteiger partial charge in [-0.25, -0.2) is 4.79 Å². The fourth-order valence-electron chi connectivity index (χ4n) is 3.23. The van der Waals surface area contributed by atoms with Crippen LogP contribution in [0.3, 0.4) is 0 Å². The Bertz CT molecular complexity index is 835. The molecule has 28 heavy (non-hydrogen) atoms. The predicted octanol–water partition coefficient (Wildman–Crippen LogP) is 3.12. The van der Waals surface area contributed by atoms with Gasteiger partial charge in [-0.2, -0.15) is 0 Å². The Morgan fingerprint density at radius 1 is 1.18 bits per heavy atom. The Hall–Kier alpha value is -3.02. The van der Waals surface area contributed by atoms with Crippen LogP contribution in [0.1, 0.15) is 29.7 Å². The first-order chi connectivity index (χ1) is 13.5. The van der Waals surface area contributed by atoms with Crippen LogP contribution in [-0.2, 0) is 11.3 Å². The summed E-state index contributed by atoms with van der Waals surface area (Å²) in [4.78, 5) is 28.5. The van der Waals surface area contributed by atoms with E-state index in [0.29, 0.717) is 19.6 Å². The first kappa shape index (κ1) is 19.7. The number of hydrogen-bond acceptors (Lipinski definition) is 3. The van der Waals surface area contributed by atoms with Gasteiger partial charge in [-0.1, -0.05) is 42.0 Å². The number of hydrogen-bond donors (Lipinski definition) is 1. The zero-order chi connectivity index (χ0) is 20.1. The van der Waals surface area contributed by atoms with Crippen molar-refractivity contribution in [3.8, 4) is 5.75 Å². The van der Waals surface area contributed by atoms with E-state index >= 15 is 0 Å². The molecule has 0 radical (unpaired) electrons. The molecule has 0 aromatic heterocycles. The molecule has 1 heterocycles. The van der Waals surface area contributed by atoms with Crippen LogP contribution < -0.4 is 10.1 Å². The zero-order valence-corrected chi connectivity index (χ0v) is 16.6. The second kappa shape index (κ2) is 8.78. The molecule has 1 atom stereocenters. The number of nitrogens with one attached hydrogen (secondary N) is 1. The minimum atomic E-state index is -0.223. The standard InChI is InChI=1S/C22H27N3O3/c1-16-7-9-18(10-8-16)14-24-11-12-25(15-21(24)26)22(27)23-17(2)19-5-4-6-20(13-19)28-3/h4-10,13,17H,11-12,14-15H2,1-3H3,(H,23,27). The Morgan fingerprint density at radius 3 is 2.61 bits per heavy atom. The molecule has 3 amide bonds. The second-order valence-corrected chi connectivity index (χ2v) is 7.17. The number of amides is 3. The van der Waals surface area contributed by atoms with Gasteiger partial charge in [0.1, 0.15) is 12.3 Å². The number of piperazine rings is 1. The highest BCUT2D eigenvalue weighted by molar-refractivity contribution is 5.85. The summed E-state index contributed by atoms with van der Waals surface area (Å²) in [5.41, 5.74) is 3.25. The number of nitrogens with zero attached hydrogens (tertiary/aromatic N) is 2. The lowest BCUT2D eigenvalue weighted by Crippen LogP contribution is -2.54. The number of rotatable bonds is 5. The predicted molar refractivity (Wildman–Crippen MR) is 108 cm³/mol. The van der Waals surface area contributed by atoms with Gasteiger partial charge in [0.25, 0.3) is 0 Å². The highest BCUT2D eigenvalue weighted by Crippen LogP contribution is 2.19. The SMILES string of the molecule is COc1cccc(C(C)NC(=O)N2CCN(Cc3ccc(C)cc3)C(=O)C2)c1. The topological polar surface area (TPSA) is 61.9 Å². The molecule has 0 bridgehead atoms. The third-order valence-electron chi connectivity index (χ3n) is 5.03. The summed E-state index contributed by atoms with van der Waals surface area (Å²) in [7, 11) is 1.62.